The second-order valence-corrected chi connectivity index (χ2v) is 4.18. The molecule has 0 saturated carbocycles. The van der Waals surface area contributed by atoms with E-state index in [1.165, 1.54) is 25.3 Å². The molecule has 0 aliphatic heterocycles. The summed E-state index contributed by atoms with van der Waals surface area (Å²) >= 11 is 0. The van der Waals surface area contributed by atoms with Crippen LogP contribution < -0.4 is 0 Å². The highest BCUT2D eigenvalue weighted by Crippen LogP contribution is 2.25. The number of para-hydroxylation sites is 1. The molecule has 0 aromatic heterocycles. The van der Waals surface area contributed by atoms with Gasteiger partial charge in [-0.15, -0.1) is 0 Å². The summed E-state index contributed by atoms with van der Waals surface area (Å²) in [6.07, 6.45) is -0.0717. The molecule has 1 aromatic rings. The van der Waals surface area contributed by atoms with E-state index in [1.807, 2.05) is 0 Å². The van der Waals surface area contributed by atoms with Gasteiger partial charge in [-0.25, -0.2) is 4.79 Å². The fraction of sp³-hybridized carbons (Fsp3) is 0.286. The molecule has 0 spiro atoms. The lowest BCUT2D eigenvalue weighted by atomic mass is 9.92. The highest BCUT2D eigenvalue weighted by Gasteiger charge is 2.30. The zero-order chi connectivity index (χ0) is 16.0. The van der Waals surface area contributed by atoms with E-state index in [2.05, 4.69) is 16.1 Å². The van der Waals surface area contributed by atoms with Gasteiger partial charge in [-0.05, 0) is 6.42 Å². The summed E-state index contributed by atoms with van der Waals surface area (Å²) in [7, 11) is 2.33. The molecule has 0 saturated heterocycles. The third kappa shape index (κ3) is 3.88. The van der Waals surface area contributed by atoms with E-state index >= 15 is 0 Å². The predicted octanol–water partition coefficient (Wildman–Crippen LogP) is 1.66. The van der Waals surface area contributed by atoms with Crippen LogP contribution in [0.4, 0.5) is 5.69 Å². The number of nitro groups is 1. The Balaban J connectivity index is 3.13. The summed E-state index contributed by atoms with van der Waals surface area (Å²) in [6.45, 7) is 3.52. The van der Waals surface area contributed by atoms with Gasteiger partial charge >= 0.3 is 11.9 Å². The third-order valence-corrected chi connectivity index (χ3v) is 2.97. The number of esters is 2. The van der Waals surface area contributed by atoms with Crippen LogP contribution in [0.25, 0.3) is 0 Å². The van der Waals surface area contributed by atoms with E-state index < -0.39 is 22.8 Å². The van der Waals surface area contributed by atoms with Crippen molar-refractivity contribution in [3.8, 4) is 0 Å². The number of hydrogen-bond acceptors (Lipinski definition) is 6. The molecule has 1 aromatic carbocycles. The summed E-state index contributed by atoms with van der Waals surface area (Å²) in [5.41, 5.74) is 0.0644. The van der Waals surface area contributed by atoms with Gasteiger partial charge in [0.2, 0.25) is 0 Å². The van der Waals surface area contributed by atoms with E-state index in [9.17, 15) is 19.7 Å². The van der Waals surface area contributed by atoms with Gasteiger partial charge in [-0.3, -0.25) is 14.9 Å². The van der Waals surface area contributed by atoms with E-state index in [0.29, 0.717) is 5.56 Å². The van der Waals surface area contributed by atoms with Crippen molar-refractivity contribution in [1.82, 2.24) is 0 Å². The number of carbonyl (C=O) groups is 2. The first kappa shape index (κ1) is 16.4. The molecule has 0 fully saturated rings. The highest BCUT2D eigenvalue weighted by atomic mass is 16.6. The van der Waals surface area contributed by atoms with Crippen LogP contribution in [0, 0.1) is 16.0 Å². The average molecular weight is 293 g/mol. The van der Waals surface area contributed by atoms with Crippen molar-refractivity contribution in [3.63, 3.8) is 0 Å². The van der Waals surface area contributed by atoms with Crippen LogP contribution in [0.3, 0.4) is 0 Å². The lowest BCUT2D eigenvalue weighted by molar-refractivity contribution is -0.385. The Kier molecular flexibility index (Phi) is 5.59. The molecule has 0 bridgehead atoms. The molecule has 7 heteroatoms. The second kappa shape index (κ2) is 7.18. The Morgan fingerprint density at radius 1 is 1.29 bits per heavy atom. The normalized spacial score (nSPS) is 11.3. The van der Waals surface area contributed by atoms with Gasteiger partial charge in [0.25, 0.3) is 5.69 Å². The highest BCUT2D eigenvalue weighted by molar-refractivity contribution is 5.95. The molecule has 0 aliphatic rings. The third-order valence-electron chi connectivity index (χ3n) is 2.97. The van der Waals surface area contributed by atoms with E-state index in [1.54, 1.807) is 6.07 Å². The van der Waals surface area contributed by atoms with Crippen molar-refractivity contribution in [2.75, 3.05) is 14.2 Å². The summed E-state index contributed by atoms with van der Waals surface area (Å²) in [5, 5.41) is 11.0. The zero-order valence-corrected chi connectivity index (χ0v) is 11.7. The van der Waals surface area contributed by atoms with Crippen LogP contribution in [-0.4, -0.2) is 31.1 Å². The number of rotatable bonds is 6. The molecular weight excluding hydrogens is 278 g/mol. The SMILES string of the molecule is C=C(C(=O)OC)C(Cc1ccccc1[N+](=O)[O-])C(=O)OC. The molecule has 1 rings (SSSR count). The zero-order valence-electron chi connectivity index (χ0n) is 11.7. The van der Waals surface area contributed by atoms with Gasteiger partial charge in [-0.1, -0.05) is 24.8 Å². The number of nitro benzene ring substituents is 1. The van der Waals surface area contributed by atoms with E-state index in [-0.39, 0.29) is 17.7 Å². The maximum absolute atomic E-state index is 11.8. The lowest BCUT2D eigenvalue weighted by Gasteiger charge is -2.15. The van der Waals surface area contributed by atoms with Crippen LogP contribution >= 0.6 is 0 Å². The van der Waals surface area contributed by atoms with Gasteiger partial charge in [0.05, 0.1) is 25.1 Å². The summed E-state index contributed by atoms with van der Waals surface area (Å²) in [4.78, 5) is 33.7. The quantitative estimate of drug-likeness (QED) is 0.342. The summed E-state index contributed by atoms with van der Waals surface area (Å²) < 4.78 is 9.15. The van der Waals surface area contributed by atoms with Crippen molar-refractivity contribution < 1.29 is 24.0 Å². The Morgan fingerprint density at radius 3 is 2.43 bits per heavy atom. The second-order valence-electron chi connectivity index (χ2n) is 4.18. The first-order chi connectivity index (χ1) is 9.92. The van der Waals surface area contributed by atoms with Crippen molar-refractivity contribution in [1.29, 1.82) is 0 Å². The first-order valence-electron chi connectivity index (χ1n) is 5.99. The molecule has 0 amide bonds. The standard InChI is InChI=1S/C14H15NO6/c1-9(13(16)20-2)11(14(17)21-3)8-10-6-4-5-7-12(10)15(18)19/h4-7,11H,1,8H2,2-3H3. The number of methoxy groups -OCH3 is 2. The van der Waals surface area contributed by atoms with Crippen molar-refractivity contribution >= 4 is 17.6 Å². The minimum atomic E-state index is -1.04. The maximum Gasteiger partial charge on any atom is 0.334 e. The molecule has 0 heterocycles. The number of nitrogens with zero attached hydrogens (tertiary/aromatic N) is 1. The fourth-order valence-corrected chi connectivity index (χ4v) is 1.85. The molecule has 1 atom stereocenters. The van der Waals surface area contributed by atoms with Gasteiger partial charge < -0.3 is 9.47 Å². The van der Waals surface area contributed by atoms with Crippen LogP contribution in [-0.2, 0) is 25.5 Å². The van der Waals surface area contributed by atoms with Crippen LogP contribution in [0.15, 0.2) is 36.4 Å². The van der Waals surface area contributed by atoms with Crippen molar-refractivity contribution in [2.45, 2.75) is 6.42 Å². The monoisotopic (exact) mass is 293 g/mol. The lowest BCUT2D eigenvalue weighted by Crippen LogP contribution is -2.25. The van der Waals surface area contributed by atoms with Crippen LogP contribution in [0.5, 0.6) is 0 Å². The van der Waals surface area contributed by atoms with Gasteiger partial charge in [0.15, 0.2) is 0 Å². The van der Waals surface area contributed by atoms with E-state index in [4.69, 9.17) is 0 Å². The number of hydrogen-bond donors (Lipinski definition) is 0. The molecule has 0 aliphatic carbocycles. The van der Waals surface area contributed by atoms with E-state index in [0.717, 1.165) is 7.11 Å². The van der Waals surface area contributed by atoms with Crippen molar-refractivity contribution in [2.24, 2.45) is 5.92 Å². The summed E-state index contributed by atoms with van der Waals surface area (Å²) in [5.74, 6) is -2.50. The minimum Gasteiger partial charge on any atom is -0.469 e. The van der Waals surface area contributed by atoms with Crippen LogP contribution in [0.1, 0.15) is 5.56 Å². The number of benzene rings is 1. The summed E-state index contributed by atoms with van der Waals surface area (Å²) in [6, 6.07) is 5.96. The molecule has 0 radical (unpaired) electrons. The van der Waals surface area contributed by atoms with Crippen LogP contribution in [0.2, 0.25) is 0 Å². The first-order valence-corrected chi connectivity index (χ1v) is 5.99. The predicted molar refractivity (Wildman–Crippen MR) is 73.5 cm³/mol. The van der Waals surface area contributed by atoms with Gasteiger partial charge in [0.1, 0.15) is 0 Å². The molecule has 0 N–H and O–H groups in total. The maximum atomic E-state index is 11.8. The molecule has 21 heavy (non-hydrogen) atoms. The fourth-order valence-electron chi connectivity index (χ4n) is 1.85. The van der Waals surface area contributed by atoms with Gasteiger partial charge in [-0.2, -0.15) is 0 Å². The minimum absolute atomic E-state index is 0.0717. The molecule has 7 nitrogen and oxygen atoms in total. The smallest absolute Gasteiger partial charge is 0.334 e. The molecule has 1 unspecified atom stereocenters. The Hall–Kier alpha value is -2.70. The largest absolute Gasteiger partial charge is 0.469 e. The Morgan fingerprint density at radius 2 is 1.90 bits per heavy atom. The number of ether oxygens (including phenoxy) is 2. The molecular formula is C14H15NO6. The van der Waals surface area contributed by atoms with Gasteiger partial charge in [0, 0.05) is 17.2 Å². The topological polar surface area (TPSA) is 95.7 Å². The molecule has 112 valence electrons. The average Bonchev–Trinajstić information content (AvgIpc) is 2.50. The number of carbonyl (C=O) groups excluding carboxylic acids is 2. The Bertz CT molecular complexity index is 581. The van der Waals surface area contributed by atoms with Crippen molar-refractivity contribution in [3.05, 3.63) is 52.1 Å². The Labute approximate surface area is 121 Å².